The maximum atomic E-state index is 13.4. The zero-order chi connectivity index (χ0) is 13.5. The van der Waals surface area contributed by atoms with Crippen LogP contribution in [0.5, 0.6) is 0 Å². The molecule has 4 nitrogen and oxygen atoms in total. The van der Waals surface area contributed by atoms with E-state index in [1.54, 1.807) is 0 Å². The summed E-state index contributed by atoms with van der Waals surface area (Å²) in [6, 6.07) is 2.39. The molecule has 0 heterocycles. The molecular formula is C11H14BrF2N3O. The maximum Gasteiger partial charge on any atom is 0.150 e. The lowest BCUT2D eigenvalue weighted by molar-refractivity contribution is 0.316. The van der Waals surface area contributed by atoms with Gasteiger partial charge in [0.05, 0.1) is 0 Å². The summed E-state index contributed by atoms with van der Waals surface area (Å²) >= 11 is 3.01. The number of oxime groups is 1. The Bertz CT molecular complexity index is 417. The van der Waals surface area contributed by atoms with Crippen LogP contribution in [0.4, 0.5) is 14.5 Å². The Balaban J connectivity index is 2.40. The third-order valence-corrected chi connectivity index (χ3v) is 2.75. The summed E-state index contributed by atoms with van der Waals surface area (Å²) in [5.74, 6) is -1.13. The predicted octanol–water partition coefficient (Wildman–Crippen LogP) is 3.06. The molecule has 0 amide bonds. The first-order chi connectivity index (χ1) is 8.54. The molecule has 0 aliphatic rings. The minimum Gasteiger partial charge on any atom is -0.409 e. The summed E-state index contributed by atoms with van der Waals surface area (Å²) < 4.78 is 27.2. The highest BCUT2D eigenvalue weighted by molar-refractivity contribution is 9.10. The number of hydrogen-bond acceptors (Lipinski definition) is 3. The van der Waals surface area contributed by atoms with Crippen molar-refractivity contribution in [1.29, 1.82) is 0 Å². The van der Waals surface area contributed by atoms with Crippen LogP contribution in [0.3, 0.4) is 0 Å². The lowest BCUT2D eigenvalue weighted by Crippen LogP contribution is -2.12. The normalized spacial score (nSPS) is 11.6. The van der Waals surface area contributed by atoms with Crippen LogP contribution in [0.2, 0.25) is 0 Å². The molecule has 0 aliphatic carbocycles. The second kappa shape index (κ2) is 7.15. The van der Waals surface area contributed by atoms with Crippen molar-refractivity contribution in [2.24, 2.45) is 10.9 Å². The van der Waals surface area contributed by atoms with Crippen LogP contribution in [-0.2, 0) is 0 Å². The molecule has 0 radical (unpaired) electrons. The Morgan fingerprint density at radius 1 is 1.33 bits per heavy atom. The topological polar surface area (TPSA) is 70.6 Å². The monoisotopic (exact) mass is 321 g/mol. The molecule has 0 aliphatic heterocycles. The van der Waals surface area contributed by atoms with Gasteiger partial charge in [-0.15, -0.1) is 0 Å². The third kappa shape index (κ3) is 4.48. The van der Waals surface area contributed by atoms with E-state index in [0.717, 1.165) is 0 Å². The Morgan fingerprint density at radius 3 is 2.50 bits per heavy atom. The number of rotatable bonds is 6. The average Bonchev–Trinajstić information content (AvgIpc) is 2.31. The van der Waals surface area contributed by atoms with Crippen molar-refractivity contribution < 1.29 is 14.0 Å². The molecule has 0 fully saturated rings. The number of anilines is 1. The summed E-state index contributed by atoms with van der Waals surface area (Å²) in [5.41, 5.74) is 5.15. The number of amidine groups is 1. The molecule has 0 atom stereocenters. The van der Waals surface area contributed by atoms with E-state index in [0.29, 0.717) is 30.3 Å². The van der Waals surface area contributed by atoms with Crippen LogP contribution in [0, 0.1) is 11.6 Å². The van der Waals surface area contributed by atoms with Crippen LogP contribution in [-0.4, -0.2) is 17.6 Å². The summed E-state index contributed by atoms with van der Waals surface area (Å²) in [6.45, 7) is 0.411. The van der Waals surface area contributed by atoms with Crippen LogP contribution >= 0.6 is 15.9 Å². The smallest absolute Gasteiger partial charge is 0.150 e. The lowest BCUT2D eigenvalue weighted by Gasteiger charge is -2.09. The fourth-order valence-electron chi connectivity index (χ4n) is 1.41. The van der Waals surface area contributed by atoms with Crippen molar-refractivity contribution in [3.8, 4) is 0 Å². The van der Waals surface area contributed by atoms with Crippen molar-refractivity contribution in [2.45, 2.75) is 19.3 Å². The van der Waals surface area contributed by atoms with Crippen molar-refractivity contribution in [3.05, 3.63) is 28.2 Å². The number of nitrogens with zero attached hydrogens (tertiary/aromatic N) is 1. The van der Waals surface area contributed by atoms with Gasteiger partial charge in [0.1, 0.15) is 23.2 Å². The summed E-state index contributed by atoms with van der Waals surface area (Å²) in [6.07, 6.45) is 1.78. The van der Waals surface area contributed by atoms with Gasteiger partial charge in [-0.2, -0.15) is 0 Å². The van der Waals surface area contributed by atoms with Gasteiger partial charge in [0.15, 0.2) is 0 Å². The molecule has 18 heavy (non-hydrogen) atoms. The largest absolute Gasteiger partial charge is 0.409 e. The minimum absolute atomic E-state index is 0.137. The first kappa shape index (κ1) is 14.7. The van der Waals surface area contributed by atoms with Gasteiger partial charge in [0.2, 0.25) is 0 Å². The second-order valence-corrected chi connectivity index (χ2v) is 4.64. The molecule has 0 bridgehead atoms. The Kier molecular flexibility index (Phi) is 5.84. The minimum atomic E-state index is -0.640. The van der Waals surface area contributed by atoms with E-state index >= 15 is 0 Å². The molecule has 0 saturated heterocycles. The molecule has 0 saturated carbocycles. The van der Waals surface area contributed by atoms with Crippen LogP contribution in [0.25, 0.3) is 0 Å². The predicted molar refractivity (Wildman–Crippen MR) is 69.8 cm³/mol. The Hall–Kier alpha value is -1.37. The van der Waals surface area contributed by atoms with E-state index in [1.165, 1.54) is 12.1 Å². The van der Waals surface area contributed by atoms with Gasteiger partial charge in [-0.05, 0) is 25.0 Å². The highest BCUT2D eigenvalue weighted by atomic mass is 79.9. The summed E-state index contributed by atoms with van der Waals surface area (Å²) in [7, 11) is 0. The SMILES string of the molecule is NC(CCCCNc1c(F)cc(Br)cc1F)=NO. The highest BCUT2D eigenvalue weighted by Crippen LogP contribution is 2.23. The van der Waals surface area contributed by atoms with Gasteiger partial charge in [-0.25, -0.2) is 8.78 Å². The van der Waals surface area contributed by atoms with E-state index in [2.05, 4.69) is 26.4 Å². The Labute approximate surface area is 112 Å². The van der Waals surface area contributed by atoms with Gasteiger partial charge in [0.25, 0.3) is 0 Å². The number of hydrogen-bond donors (Lipinski definition) is 3. The molecule has 1 aromatic rings. The van der Waals surface area contributed by atoms with Crippen molar-refractivity contribution in [2.75, 3.05) is 11.9 Å². The summed E-state index contributed by atoms with van der Waals surface area (Å²) in [4.78, 5) is 0. The number of halogens is 3. The number of nitrogens with two attached hydrogens (primary N) is 1. The Morgan fingerprint density at radius 2 is 1.94 bits per heavy atom. The van der Waals surface area contributed by atoms with Crippen molar-refractivity contribution in [3.63, 3.8) is 0 Å². The quantitative estimate of drug-likeness (QED) is 0.248. The number of benzene rings is 1. The molecule has 0 spiro atoms. The number of nitrogens with one attached hydrogen (secondary N) is 1. The zero-order valence-corrected chi connectivity index (χ0v) is 11.2. The van der Waals surface area contributed by atoms with Gasteiger partial charge >= 0.3 is 0 Å². The second-order valence-electron chi connectivity index (χ2n) is 3.72. The first-order valence-electron chi connectivity index (χ1n) is 5.39. The van der Waals surface area contributed by atoms with Crippen molar-refractivity contribution >= 4 is 27.5 Å². The standard InChI is InChI=1S/C11H14BrF2N3O/c12-7-5-8(13)11(9(14)6-7)16-4-2-1-3-10(15)17-18/h5-6,16,18H,1-4H2,(H2,15,17). The van der Waals surface area contributed by atoms with E-state index < -0.39 is 11.6 Å². The van der Waals surface area contributed by atoms with Gasteiger partial charge in [-0.1, -0.05) is 21.1 Å². The fraction of sp³-hybridized carbons (Fsp3) is 0.364. The first-order valence-corrected chi connectivity index (χ1v) is 6.18. The van der Waals surface area contributed by atoms with Crippen LogP contribution in [0.1, 0.15) is 19.3 Å². The van der Waals surface area contributed by atoms with E-state index in [4.69, 9.17) is 10.9 Å². The average molecular weight is 322 g/mol. The summed E-state index contributed by atoms with van der Waals surface area (Å²) in [5, 5.41) is 13.8. The van der Waals surface area contributed by atoms with Crippen LogP contribution < -0.4 is 11.1 Å². The molecule has 0 unspecified atom stereocenters. The third-order valence-electron chi connectivity index (χ3n) is 2.30. The molecule has 4 N–H and O–H groups in total. The number of unbranched alkanes of at least 4 members (excludes halogenated alkanes) is 1. The van der Waals surface area contributed by atoms with E-state index in [9.17, 15) is 8.78 Å². The van der Waals surface area contributed by atoms with E-state index in [-0.39, 0.29) is 11.5 Å². The van der Waals surface area contributed by atoms with Crippen LogP contribution in [0.15, 0.2) is 21.8 Å². The molecular weight excluding hydrogens is 308 g/mol. The van der Waals surface area contributed by atoms with Gasteiger partial charge < -0.3 is 16.3 Å². The molecule has 1 rings (SSSR count). The fourth-order valence-corrected chi connectivity index (χ4v) is 1.81. The van der Waals surface area contributed by atoms with Crippen molar-refractivity contribution in [1.82, 2.24) is 0 Å². The molecule has 100 valence electrons. The maximum absolute atomic E-state index is 13.4. The molecule has 1 aromatic carbocycles. The zero-order valence-electron chi connectivity index (χ0n) is 9.59. The van der Waals surface area contributed by atoms with E-state index in [1.807, 2.05) is 0 Å². The molecule has 7 heteroatoms. The lowest BCUT2D eigenvalue weighted by atomic mass is 10.2. The highest BCUT2D eigenvalue weighted by Gasteiger charge is 2.09. The van der Waals surface area contributed by atoms with Gasteiger partial charge in [0, 0.05) is 17.4 Å². The van der Waals surface area contributed by atoms with Gasteiger partial charge in [-0.3, -0.25) is 0 Å². The molecule has 0 aromatic heterocycles.